The molecule has 2 nitrogen and oxygen atoms in total. The van der Waals surface area contributed by atoms with Crippen LogP contribution in [0.1, 0.15) is 50.7 Å². The van der Waals surface area contributed by atoms with Gasteiger partial charge in [-0.25, -0.2) is 0 Å². The van der Waals surface area contributed by atoms with Gasteiger partial charge in [-0.05, 0) is 29.9 Å². The molecule has 0 aliphatic heterocycles. The molecule has 0 fully saturated rings. The van der Waals surface area contributed by atoms with Crippen molar-refractivity contribution < 1.29 is 5.11 Å². The van der Waals surface area contributed by atoms with Crippen LogP contribution in [0.3, 0.4) is 0 Å². The van der Waals surface area contributed by atoms with Gasteiger partial charge in [-0.1, -0.05) is 51.5 Å². The van der Waals surface area contributed by atoms with E-state index in [-0.39, 0.29) is 12.0 Å². The molecule has 102 valence electrons. The molecule has 0 saturated heterocycles. The van der Waals surface area contributed by atoms with Crippen molar-refractivity contribution in [3.05, 3.63) is 35.4 Å². The van der Waals surface area contributed by atoms with Crippen molar-refractivity contribution in [1.29, 1.82) is 0 Å². The summed E-state index contributed by atoms with van der Waals surface area (Å²) in [6, 6.07) is 8.71. The van der Waals surface area contributed by atoms with Crippen molar-refractivity contribution in [2.24, 2.45) is 11.1 Å². The lowest BCUT2D eigenvalue weighted by atomic mass is 9.78. The molecule has 1 aromatic rings. The smallest absolute Gasteiger partial charge is 0.0502 e. The molecule has 3 N–H and O–H groups in total. The van der Waals surface area contributed by atoms with Crippen LogP contribution in [0.2, 0.25) is 0 Å². The number of hydrogen-bond acceptors (Lipinski definition) is 2. The van der Waals surface area contributed by atoms with Crippen molar-refractivity contribution in [2.45, 2.75) is 46.0 Å². The van der Waals surface area contributed by atoms with E-state index in [0.717, 1.165) is 19.3 Å². The third-order valence-electron chi connectivity index (χ3n) is 3.77. The summed E-state index contributed by atoms with van der Waals surface area (Å²) in [6.07, 6.45) is 2.90. The molecule has 0 amide bonds. The van der Waals surface area contributed by atoms with Crippen molar-refractivity contribution in [2.75, 3.05) is 13.2 Å². The fourth-order valence-electron chi connectivity index (χ4n) is 2.45. The number of nitrogens with two attached hydrogens (primary N) is 1. The molecule has 0 heterocycles. The molecule has 0 aromatic heterocycles. The predicted molar refractivity (Wildman–Crippen MR) is 77.7 cm³/mol. The van der Waals surface area contributed by atoms with Crippen LogP contribution in [0.25, 0.3) is 0 Å². The Morgan fingerprint density at radius 2 is 1.83 bits per heavy atom. The molecule has 0 aliphatic carbocycles. The lowest BCUT2D eigenvalue weighted by Crippen LogP contribution is -2.36. The first-order valence-corrected chi connectivity index (χ1v) is 6.96. The lowest BCUT2D eigenvalue weighted by Gasteiger charge is -2.30. The zero-order chi connectivity index (χ0) is 13.6. The maximum Gasteiger partial charge on any atom is 0.0502 e. The predicted octanol–water partition coefficient (Wildman–Crippen LogP) is 3.09. The van der Waals surface area contributed by atoms with E-state index in [4.69, 9.17) is 5.73 Å². The zero-order valence-electron chi connectivity index (χ0n) is 11.9. The van der Waals surface area contributed by atoms with E-state index in [1.165, 1.54) is 11.1 Å². The van der Waals surface area contributed by atoms with Gasteiger partial charge < -0.3 is 10.8 Å². The Balaban J connectivity index is 2.81. The second kappa shape index (κ2) is 6.91. The Hall–Kier alpha value is -0.860. The van der Waals surface area contributed by atoms with Crippen LogP contribution in [-0.2, 0) is 6.42 Å². The van der Waals surface area contributed by atoms with Gasteiger partial charge in [0.15, 0.2) is 0 Å². The fraction of sp³-hybridized carbons (Fsp3) is 0.625. The molecular formula is C16H27NO. The van der Waals surface area contributed by atoms with E-state index in [0.29, 0.717) is 12.5 Å². The second-order valence-corrected chi connectivity index (χ2v) is 5.69. The van der Waals surface area contributed by atoms with Crippen LogP contribution in [0.4, 0.5) is 0 Å². The molecule has 0 bridgehead atoms. The fourth-order valence-corrected chi connectivity index (χ4v) is 2.45. The summed E-state index contributed by atoms with van der Waals surface area (Å²) < 4.78 is 0. The maximum absolute atomic E-state index is 9.63. The Morgan fingerprint density at radius 3 is 2.22 bits per heavy atom. The Labute approximate surface area is 111 Å². The summed E-state index contributed by atoms with van der Waals surface area (Å²) in [5.74, 6) is 0.562. The van der Waals surface area contributed by atoms with Gasteiger partial charge in [0.2, 0.25) is 0 Å². The lowest BCUT2D eigenvalue weighted by molar-refractivity contribution is 0.121. The largest absolute Gasteiger partial charge is 0.396 e. The zero-order valence-corrected chi connectivity index (χ0v) is 11.9. The molecule has 0 saturated carbocycles. The summed E-state index contributed by atoms with van der Waals surface area (Å²) >= 11 is 0. The molecule has 1 unspecified atom stereocenters. The summed E-state index contributed by atoms with van der Waals surface area (Å²) in [7, 11) is 0. The SMILES string of the molecule is CCCC(CN)(CO)Cc1ccc(C(C)C)cc1. The second-order valence-electron chi connectivity index (χ2n) is 5.69. The molecule has 0 aliphatic rings. The molecule has 0 spiro atoms. The molecule has 1 rings (SSSR count). The first kappa shape index (κ1) is 15.2. The first-order valence-electron chi connectivity index (χ1n) is 6.96. The number of hydrogen-bond donors (Lipinski definition) is 2. The molecule has 1 aromatic carbocycles. The van der Waals surface area contributed by atoms with Crippen LogP contribution in [0, 0.1) is 5.41 Å². The molecule has 1 atom stereocenters. The third-order valence-corrected chi connectivity index (χ3v) is 3.77. The topological polar surface area (TPSA) is 46.2 Å². The highest BCUT2D eigenvalue weighted by Crippen LogP contribution is 2.28. The van der Waals surface area contributed by atoms with E-state index in [9.17, 15) is 5.11 Å². The van der Waals surface area contributed by atoms with Gasteiger partial charge in [0.1, 0.15) is 0 Å². The minimum absolute atomic E-state index is 0.145. The summed E-state index contributed by atoms with van der Waals surface area (Å²) in [5, 5.41) is 9.63. The summed E-state index contributed by atoms with van der Waals surface area (Å²) in [6.45, 7) is 7.25. The highest BCUT2D eigenvalue weighted by atomic mass is 16.3. The van der Waals surface area contributed by atoms with Crippen molar-refractivity contribution in [3.63, 3.8) is 0 Å². The summed E-state index contributed by atoms with van der Waals surface area (Å²) in [4.78, 5) is 0. The standard InChI is InChI=1S/C16H27NO/c1-4-9-16(11-17,12-18)10-14-5-7-15(8-6-14)13(2)3/h5-8,13,18H,4,9-12,17H2,1-3H3. The third kappa shape index (κ3) is 3.82. The first-order chi connectivity index (χ1) is 8.56. The van der Waals surface area contributed by atoms with E-state index in [2.05, 4.69) is 45.0 Å². The highest BCUT2D eigenvalue weighted by Gasteiger charge is 2.27. The molecule has 0 radical (unpaired) electrons. The van der Waals surface area contributed by atoms with Gasteiger partial charge in [-0.3, -0.25) is 0 Å². The Bertz CT molecular complexity index is 339. The van der Waals surface area contributed by atoms with Crippen molar-refractivity contribution in [1.82, 2.24) is 0 Å². The van der Waals surface area contributed by atoms with Crippen LogP contribution in [-0.4, -0.2) is 18.3 Å². The minimum atomic E-state index is -0.145. The minimum Gasteiger partial charge on any atom is -0.396 e. The van der Waals surface area contributed by atoms with Crippen molar-refractivity contribution >= 4 is 0 Å². The maximum atomic E-state index is 9.63. The van der Waals surface area contributed by atoms with E-state index < -0.39 is 0 Å². The van der Waals surface area contributed by atoms with Crippen LogP contribution in [0.5, 0.6) is 0 Å². The Morgan fingerprint density at radius 1 is 1.22 bits per heavy atom. The average Bonchev–Trinajstić information content (AvgIpc) is 2.38. The highest BCUT2D eigenvalue weighted by molar-refractivity contribution is 5.25. The van der Waals surface area contributed by atoms with Gasteiger partial charge in [0, 0.05) is 12.0 Å². The van der Waals surface area contributed by atoms with E-state index in [1.807, 2.05) is 0 Å². The van der Waals surface area contributed by atoms with Gasteiger partial charge in [0.05, 0.1) is 6.61 Å². The number of benzene rings is 1. The quantitative estimate of drug-likeness (QED) is 0.780. The van der Waals surface area contributed by atoms with Crippen molar-refractivity contribution in [3.8, 4) is 0 Å². The average molecular weight is 249 g/mol. The Kier molecular flexibility index (Phi) is 5.83. The molecular weight excluding hydrogens is 222 g/mol. The van der Waals surface area contributed by atoms with E-state index >= 15 is 0 Å². The van der Waals surface area contributed by atoms with Gasteiger partial charge in [0.25, 0.3) is 0 Å². The number of aliphatic hydroxyl groups is 1. The number of aliphatic hydroxyl groups excluding tert-OH is 1. The van der Waals surface area contributed by atoms with E-state index in [1.54, 1.807) is 0 Å². The monoisotopic (exact) mass is 249 g/mol. The number of rotatable bonds is 7. The normalized spacial score (nSPS) is 14.8. The van der Waals surface area contributed by atoms with Gasteiger partial charge >= 0.3 is 0 Å². The van der Waals surface area contributed by atoms with Crippen LogP contribution in [0.15, 0.2) is 24.3 Å². The van der Waals surface area contributed by atoms with Gasteiger partial charge in [-0.15, -0.1) is 0 Å². The molecule has 2 heteroatoms. The summed E-state index contributed by atoms with van der Waals surface area (Å²) in [5.41, 5.74) is 8.35. The van der Waals surface area contributed by atoms with Gasteiger partial charge in [-0.2, -0.15) is 0 Å². The molecule has 18 heavy (non-hydrogen) atoms. The van der Waals surface area contributed by atoms with Crippen LogP contribution < -0.4 is 5.73 Å². The van der Waals surface area contributed by atoms with Crippen LogP contribution >= 0.6 is 0 Å².